The van der Waals surface area contributed by atoms with Crippen molar-refractivity contribution in [2.24, 2.45) is 0 Å². The summed E-state index contributed by atoms with van der Waals surface area (Å²) in [5, 5.41) is 10.5. The molecule has 32 heavy (non-hydrogen) atoms. The van der Waals surface area contributed by atoms with Gasteiger partial charge in [0.15, 0.2) is 6.10 Å². The minimum Gasteiger partial charge on any atom is -0.480 e. The van der Waals surface area contributed by atoms with Crippen LogP contribution in [0.25, 0.3) is 5.57 Å². The second-order valence-corrected chi connectivity index (χ2v) is 7.84. The average molecular weight is 455 g/mol. The molecule has 1 amide bonds. The monoisotopic (exact) mass is 455 g/mol. The van der Waals surface area contributed by atoms with Crippen molar-refractivity contribution in [2.45, 2.75) is 56.6 Å². The number of benzene rings is 1. The Morgan fingerprint density at radius 3 is 2.81 bits per heavy atom. The molecular formula is C21H21F4N3O4. The van der Waals surface area contributed by atoms with Crippen molar-refractivity contribution in [3.8, 4) is 5.75 Å². The number of nitrogens with zero attached hydrogens (tertiary/aromatic N) is 2. The second kappa shape index (κ2) is 8.89. The molecular weight excluding hydrogens is 434 g/mol. The molecule has 0 unspecified atom stereocenters. The number of alkyl halides is 3. The number of aromatic nitrogens is 2. The molecule has 1 aromatic heterocycles. The van der Waals surface area contributed by atoms with Gasteiger partial charge in [0.25, 0.3) is 5.91 Å². The van der Waals surface area contributed by atoms with E-state index in [0.717, 1.165) is 5.56 Å². The molecule has 2 aromatic rings. The van der Waals surface area contributed by atoms with E-state index in [9.17, 15) is 22.4 Å². The minimum atomic E-state index is -4.65. The zero-order valence-corrected chi connectivity index (χ0v) is 17.0. The first kappa shape index (κ1) is 22.3. The maximum absolute atomic E-state index is 13.3. The van der Waals surface area contributed by atoms with Crippen LogP contribution in [0.2, 0.25) is 0 Å². The van der Waals surface area contributed by atoms with Gasteiger partial charge in [0, 0.05) is 18.0 Å². The van der Waals surface area contributed by atoms with E-state index < -0.39 is 18.6 Å². The lowest BCUT2D eigenvalue weighted by Gasteiger charge is -2.32. The maximum Gasteiger partial charge on any atom is 0.522 e. The molecule has 1 fully saturated rings. The highest BCUT2D eigenvalue weighted by Gasteiger charge is 2.42. The number of carbonyl (C=O) groups excluding carboxylic acids is 1. The molecule has 2 heterocycles. The smallest absolute Gasteiger partial charge is 0.480 e. The van der Waals surface area contributed by atoms with E-state index in [2.05, 4.69) is 26.8 Å². The van der Waals surface area contributed by atoms with Crippen LogP contribution in [0.1, 0.15) is 48.9 Å². The van der Waals surface area contributed by atoms with Crippen molar-refractivity contribution in [3.05, 3.63) is 47.9 Å². The first-order chi connectivity index (χ1) is 15.2. The lowest BCUT2D eigenvalue weighted by atomic mass is 9.82. The first-order valence-electron chi connectivity index (χ1n) is 10.2. The van der Waals surface area contributed by atoms with Crippen LogP contribution in [0.5, 0.6) is 5.75 Å². The number of ether oxygens (including phenoxy) is 2. The fraction of sp³-hybridized carbons (Fsp3) is 0.476. The Hall–Kier alpha value is -2.95. The van der Waals surface area contributed by atoms with Gasteiger partial charge in [-0.2, -0.15) is 0 Å². The lowest BCUT2D eigenvalue weighted by Crippen LogP contribution is -2.40. The molecule has 1 aromatic carbocycles. The van der Waals surface area contributed by atoms with Gasteiger partial charge < -0.3 is 14.5 Å². The van der Waals surface area contributed by atoms with Crippen molar-refractivity contribution >= 4 is 11.5 Å². The van der Waals surface area contributed by atoms with E-state index in [1.54, 1.807) is 0 Å². The van der Waals surface area contributed by atoms with E-state index in [-0.39, 0.29) is 48.8 Å². The normalized spacial score (nSPS) is 22.4. The summed E-state index contributed by atoms with van der Waals surface area (Å²) in [5.41, 5.74) is 1.23. The van der Waals surface area contributed by atoms with Gasteiger partial charge in [0.1, 0.15) is 11.6 Å². The molecule has 0 saturated heterocycles. The van der Waals surface area contributed by atoms with Gasteiger partial charge in [-0.3, -0.25) is 9.53 Å². The second-order valence-electron chi connectivity index (χ2n) is 7.84. The number of amides is 1. The van der Waals surface area contributed by atoms with Gasteiger partial charge in [-0.05, 0) is 55.9 Å². The Bertz CT molecular complexity index is 1000. The number of hydrogen-bond donors (Lipinski definition) is 1. The van der Waals surface area contributed by atoms with Crippen LogP contribution < -0.4 is 10.1 Å². The topological polar surface area (TPSA) is 86.5 Å². The Morgan fingerprint density at radius 1 is 1.28 bits per heavy atom. The van der Waals surface area contributed by atoms with E-state index in [1.165, 1.54) is 18.2 Å². The molecule has 1 aliphatic carbocycles. The van der Waals surface area contributed by atoms with Crippen molar-refractivity contribution in [1.29, 1.82) is 0 Å². The minimum absolute atomic E-state index is 0.154. The summed E-state index contributed by atoms with van der Waals surface area (Å²) in [4.78, 5) is 12.4. The van der Waals surface area contributed by atoms with Crippen molar-refractivity contribution in [2.75, 3.05) is 6.54 Å². The SMILES string of the molecule is C=C(CCNC(=O)[C@H]1CCc2cc(F)ccc2O1)c1nnc(C2CC(OC(F)(F)F)C2)o1. The lowest BCUT2D eigenvalue weighted by molar-refractivity contribution is -0.352. The van der Waals surface area contributed by atoms with E-state index >= 15 is 0 Å². The largest absolute Gasteiger partial charge is 0.522 e. The molecule has 1 saturated carbocycles. The third kappa shape index (κ3) is 5.26. The van der Waals surface area contributed by atoms with Gasteiger partial charge >= 0.3 is 6.36 Å². The predicted molar refractivity (Wildman–Crippen MR) is 103 cm³/mol. The standard InChI is InChI=1S/C21H21F4N3O4/c1-11(19-27-28-20(31-19)13-9-15(10-13)32-21(23,24)25)6-7-26-18(29)17-4-2-12-8-14(22)3-5-16(12)30-17/h3,5,8,13,15,17H,1-2,4,6-7,9-10H2,(H,26,29)/t13?,15?,17-/m1/s1. The molecule has 1 N–H and O–H groups in total. The van der Waals surface area contributed by atoms with E-state index in [4.69, 9.17) is 9.15 Å². The predicted octanol–water partition coefficient (Wildman–Crippen LogP) is 3.90. The third-order valence-corrected chi connectivity index (χ3v) is 5.47. The van der Waals surface area contributed by atoms with Crippen molar-refractivity contribution in [3.63, 3.8) is 0 Å². The molecule has 0 radical (unpaired) electrons. The van der Waals surface area contributed by atoms with E-state index in [0.29, 0.717) is 30.6 Å². The molecule has 11 heteroatoms. The summed E-state index contributed by atoms with van der Waals surface area (Å²) in [6.45, 7) is 4.12. The fourth-order valence-electron chi connectivity index (χ4n) is 3.69. The summed E-state index contributed by atoms with van der Waals surface area (Å²) < 4.78 is 65.0. The summed E-state index contributed by atoms with van der Waals surface area (Å²) in [7, 11) is 0. The van der Waals surface area contributed by atoms with Gasteiger partial charge in [0.05, 0.1) is 6.10 Å². The Morgan fingerprint density at radius 2 is 2.06 bits per heavy atom. The van der Waals surface area contributed by atoms with Crippen LogP contribution >= 0.6 is 0 Å². The number of fused-ring (bicyclic) bond motifs is 1. The number of hydrogen-bond acceptors (Lipinski definition) is 6. The zero-order chi connectivity index (χ0) is 22.9. The van der Waals surface area contributed by atoms with Gasteiger partial charge in [-0.15, -0.1) is 23.4 Å². The molecule has 7 nitrogen and oxygen atoms in total. The molecule has 0 bridgehead atoms. The number of carbonyl (C=O) groups is 1. The number of halogens is 4. The van der Waals surface area contributed by atoms with Crippen LogP contribution in [-0.2, 0) is 16.0 Å². The van der Waals surface area contributed by atoms with Gasteiger partial charge in [-0.25, -0.2) is 4.39 Å². The van der Waals surface area contributed by atoms with E-state index in [1.807, 2.05) is 0 Å². The molecule has 2 aliphatic rings. The van der Waals surface area contributed by atoms with Crippen LogP contribution in [0.15, 0.2) is 29.2 Å². The van der Waals surface area contributed by atoms with Crippen molar-refractivity contribution < 1.29 is 36.2 Å². The van der Waals surface area contributed by atoms with Crippen LogP contribution in [0.3, 0.4) is 0 Å². The first-order valence-corrected chi connectivity index (χ1v) is 10.2. The van der Waals surface area contributed by atoms with Crippen LogP contribution in [-0.4, -0.2) is 41.2 Å². The summed E-state index contributed by atoms with van der Waals surface area (Å²) in [6, 6.07) is 4.20. The Balaban J connectivity index is 1.20. The number of rotatable bonds is 7. The molecule has 172 valence electrons. The summed E-state index contributed by atoms with van der Waals surface area (Å²) >= 11 is 0. The average Bonchev–Trinajstić information content (AvgIpc) is 3.18. The quantitative estimate of drug-likeness (QED) is 0.638. The highest BCUT2D eigenvalue weighted by molar-refractivity contribution is 5.81. The third-order valence-electron chi connectivity index (χ3n) is 5.47. The van der Waals surface area contributed by atoms with Gasteiger partial charge in [0.2, 0.25) is 11.8 Å². The Kier molecular flexibility index (Phi) is 6.18. The number of nitrogens with one attached hydrogen (secondary N) is 1. The summed E-state index contributed by atoms with van der Waals surface area (Å²) in [5.74, 6) is 0.0153. The maximum atomic E-state index is 13.3. The highest BCUT2D eigenvalue weighted by atomic mass is 19.4. The van der Waals surface area contributed by atoms with Crippen LogP contribution in [0.4, 0.5) is 17.6 Å². The Labute approximate surface area is 180 Å². The fourth-order valence-corrected chi connectivity index (χ4v) is 3.69. The molecule has 0 spiro atoms. The highest BCUT2D eigenvalue weighted by Crippen LogP contribution is 2.41. The van der Waals surface area contributed by atoms with Crippen LogP contribution in [0, 0.1) is 5.82 Å². The summed E-state index contributed by atoms with van der Waals surface area (Å²) in [6.07, 6.45) is -4.59. The van der Waals surface area contributed by atoms with Crippen molar-refractivity contribution in [1.82, 2.24) is 15.5 Å². The molecule has 1 atom stereocenters. The number of aryl methyl sites for hydroxylation is 1. The zero-order valence-electron chi connectivity index (χ0n) is 17.0. The molecule has 4 rings (SSSR count). The molecule has 1 aliphatic heterocycles. The van der Waals surface area contributed by atoms with Gasteiger partial charge in [-0.1, -0.05) is 6.58 Å².